The zero-order chi connectivity index (χ0) is 94.8. The van der Waals surface area contributed by atoms with Crippen molar-refractivity contribution in [3.05, 3.63) is 546 Å². The molecule has 24 aromatic carbocycles. The molecule has 6 aromatic heterocycles. The molecule has 0 spiro atoms. The molecule has 6 heteroatoms. The Morgan fingerprint density at radius 1 is 0.0903 bits per heavy atom. The lowest BCUT2D eigenvalue weighted by Gasteiger charge is -2.12. The Labute approximate surface area is 831 Å². The lowest BCUT2D eigenvalue weighted by atomic mass is 9.99. The summed E-state index contributed by atoms with van der Waals surface area (Å²) in [6.45, 7) is 0. The zero-order valence-corrected chi connectivity index (χ0v) is 78.6. The number of benzene rings is 24. The highest BCUT2D eigenvalue weighted by atomic mass is 15.0. The Morgan fingerprint density at radius 3 is 0.694 bits per heavy atom. The SMILES string of the molecule is c1ccc(-c2ccc3c4ccc(-c5ccc6c7ccccc7n(-c7cccc8ccccc78)c6c5)cc4n(-c4ccccc4)c3c2)cc1.c1ccc(-n2c3ccccc3c3cc(-c4ccc5c(c4)c4ccc(-c6ccc7ccccc7c6)cc4n5-c4ccccc4)ccc32)cc1.c1ccc(-n2c3ccccc3c3cc(-c4ccc5c(c4)c4ccccc4n5-c4ccc(-c5ccc6ccccc6c5)cc4)ccc32)cc1. The minimum Gasteiger partial charge on any atom is -0.309 e. The summed E-state index contributed by atoms with van der Waals surface area (Å²) in [5.41, 5.74) is 36.2. The van der Waals surface area contributed by atoms with Crippen LogP contribution in [0.2, 0.25) is 0 Å². The van der Waals surface area contributed by atoms with Crippen molar-refractivity contribution in [3.8, 4) is 101 Å². The van der Waals surface area contributed by atoms with Crippen LogP contribution in [0.5, 0.6) is 0 Å². The summed E-state index contributed by atoms with van der Waals surface area (Å²) in [5, 5.41) is 22.6. The fourth-order valence-electron chi connectivity index (χ4n) is 22.9. The molecule has 0 bridgehead atoms. The van der Waals surface area contributed by atoms with E-state index >= 15 is 0 Å². The van der Waals surface area contributed by atoms with Crippen LogP contribution in [0.1, 0.15) is 0 Å². The van der Waals surface area contributed by atoms with Crippen LogP contribution in [-0.2, 0) is 0 Å². The van der Waals surface area contributed by atoms with Gasteiger partial charge in [-0.1, -0.05) is 370 Å². The van der Waals surface area contributed by atoms with Gasteiger partial charge in [0.2, 0.25) is 0 Å². The Bertz CT molecular complexity index is 10300. The van der Waals surface area contributed by atoms with Crippen LogP contribution in [0.3, 0.4) is 0 Å². The highest BCUT2D eigenvalue weighted by Gasteiger charge is 2.24. The quantitative estimate of drug-likeness (QED) is 0.117. The van der Waals surface area contributed by atoms with E-state index in [1.807, 2.05) is 0 Å². The van der Waals surface area contributed by atoms with Gasteiger partial charge in [0.05, 0.1) is 71.9 Å². The highest BCUT2D eigenvalue weighted by Crippen LogP contribution is 2.47. The number of fused-ring (bicyclic) bond motifs is 21. The van der Waals surface area contributed by atoms with Crippen molar-refractivity contribution in [2.75, 3.05) is 0 Å². The van der Waals surface area contributed by atoms with E-state index in [0.29, 0.717) is 0 Å². The van der Waals surface area contributed by atoms with Crippen molar-refractivity contribution in [2.24, 2.45) is 0 Å². The fraction of sp³-hybridized carbons (Fsp3) is 0. The molecule has 144 heavy (non-hydrogen) atoms. The molecule has 0 radical (unpaired) electrons. The maximum Gasteiger partial charge on any atom is 0.0547 e. The molecule has 30 rings (SSSR count). The summed E-state index contributed by atoms with van der Waals surface area (Å²) >= 11 is 0. The van der Waals surface area contributed by atoms with Gasteiger partial charge in [0.25, 0.3) is 0 Å². The average molecular weight is 1830 g/mol. The second-order valence-corrected chi connectivity index (χ2v) is 37.8. The second kappa shape index (κ2) is 34.5. The van der Waals surface area contributed by atoms with Crippen LogP contribution in [0.15, 0.2) is 546 Å². The average Bonchev–Trinajstić information content (AvgIpc) is 1.58. The standard InChI is InChI=1S/3C46H30N2/c1-3-12-31(13-4-1)33-22-25-40-41-27-24-34(29-45(41)47(44(40)28-33)36-16-5-2-6-17-36)35-23-26-39-38-19-9-10-20-43(38)48(46(39)30-35)42-21-11-15-32-14-7-8-18-37(32)42;1-3-13-37(14-4-1)47-43-18-10-9-17-39(43)41-28-34(22-25-44(41)47)35-23-26-45-42(29-35)40-24-21-36(30-46(40)48(45)38-15-5-2-6-16-38)33-20-19-31-11-7-8-12-32(31)27-33;1-2-12-37(13-3-1)47-43-16-8-6-14-39(43)41-29-35(22-26-45(41)47)36-23-27-46-42(30-36)40-15-7-9-17-44(40)48(46)38-24-20-32(21-25-38)34-19-18-31-10-4-5-11-33(31)28-34/h3*1-30H. The number of rotatable bonds is 12. The van der Waals surface area contributed by atoms with E-state index in [-0.39, 0.29) is 0 Å². The normalized spacial score (nSPS) is 11.8. The van der Waals surface area contributed by atoms with Crippen molar-refractivity contribution in [1.82, 2.24) is 27.4 Å². The molecule has 672 valence electrons. The minimum absolute atomic E-state index is 1.16. The largest absolute Gasteiger partial charge is 0.309 e. The van der Waals surface area contributed by atoms with Crippen LogP contribution in [0, 0.1) is 0 Å². The Kier molecular flexibility index (Phi) is 19.9. The Morgan fingerprint density at radius 2 is 0.306 bits per heavy atom. The minimum atomic E-state index is 1.16. The molecule has 0 saturated heterocycles. The molecule has 6 nitrogen and oxygen atoms in total. The van der Waals surface area contributed by atoms with Crippen molar-refractivity contribution >= 4 is 163 Å². The number of nitrogens with zero attached hydrogens (tertiary/aromatic N) is 6. The van der Waals surface area contributed by atoms with E-state index in [4.69, 9.17) is 0 Å². The van der Waals surface area contributed by atoms with E-state index in [0.717, 1.165) is 17.1 Å². The Balaban J connectivity index is 0.000000105. The third kappa shape index (κ3) is 14.1. The highest BCUT2D eigenvalue weighted by molar-refractivity contribution is 6.18. The van der Waals surface area contributed by atoms with Crippen LogP contribution >= 0.6 is 0 Å². The van der Waals surface area contributed by atoms with Gasteiger partial charge < -0.3 is 27.4 Å². The summed E-state index contributed by atoms with van der Waals surface area (Å²) in [6.07, 6.45) is 0. The summed E-state index contributed by atoms with van der Waals surface area (Å²) in [5.74, 6) is 0. The third-order valence-corrected chi connectivity index (χ3v) is 29.7. The lowest BCUT2D eigenvalue weighted by Crippen LogP contribution is -1.95. The third-order valence-electron chi connectivity index (χ3n) is 29.7. The Hall–Kier alpha value is -19.1. The van der Waals surface area contributed by atoms with Crippen molar-refractivity contribution in [2.45, 2.75) is 0 Å². The summed E-state index contributed by atoms with van der Waals surface area (Å²) in [7, 11) is 0. The maximum absolute atomic E-state index is 2.45. The monoisotopic (exact) mass is 1830 g/mol. The fourth-order valence-corrected chi connectivity index (χ4v) is 22.9. The predicted octanol–water partition coefficient (Wildman–Crippen LogP) is 37.1. The molecule has 0 N–H and O–H groups in total. The van der Waals surface area contributed by atoms with E-state index in [2.05, 4.69) is 573 Å². The summed E-state index contributed by atoms with van der Waals surface area (Å²) < 4.78 is 14.4. The maximum atomic E-state index is 2.45. The van der Waals surface area contributed by atoms with Gasteiger partial charge in [-0.25, -0.2) is 0 Å². The molecular formula is C138H90N6. The summed E-state index contributed by atoms with van der Waals surface area (Å²) in [6, 6.07) is 199. The van der Waals surface area contributed by atoms with Gasteiger partial charge in [-0.2, -0.15) is 0 Å². The molecule has 0 amide bonds. The van der Waals surface area contributed by atoms with Crippen LogP contribution in [0.4, 0.5) is 0 Å². The van der Waals surface area contributed by atoms with Crippen molar-refractivity contribution in [1.29, 1.82) is 0 Å². The van der Waals surface area contributed by atoms with Gasteiger partial charge in [-0.3, -0.25) is 0 Å². The van der Waals surface area contributed by atoms with Gasteiger partial charge >= 0.3 is 0 Å². The van der Waals surface area contributed by atoms with Gasteiger partial charge in [-0.15, -0.1) is 0 Å². The first-order chi connectivity index (χ1) is 71.4. The van der Waals surface area contributed by atoms with Crippen LogP contribution in [0.25, 0.3) is 264 Å². The zero-order valence-electron chi connectivity index (χ0n) is 78.6. The molecule has 0 unspecified atom stereocenters. The summed E-state index contributed by atoms with van der Waals surface area (Å²) in [4.78, 5) is 0. The molecule has 0 fully saturated rings. The number of hydrogen-bond donors (Lipinski definition) is 0. The van der Waals surface area contributed by atoms with E-state index in [1.54, 1.807) is 0 Å². The molecular weight excluding hydrogens is 1740 g/mol. The van der Waals surface area contributed by atoms with Crippen molar-refractivity contribution in [3.63, 3.8) is 0 Å². The topological polar surface area (TPSA) is 29.6 Å². The first-order valence-corrected chi connectivity index (χ1v) is 49.6. The molecule has 0 aliphatic heterocycles. The molecule has 0 saturated carbocycles. The molecule has 0 aliphatic rings. The van der Waals surface area contributed by atoms with Crippen LogP contribution < -0.4 is 0 Å². The first-order valence-electron chi connectivity index (χ1n) is 49.6. The van der Waals surface area contributed by atoms with Gasteiger partial charge in [0.1, 0.15) is 0 Å². The number of para-hydroxylation sites is 8. The number of hydrogen-bond acceptors (Lipinski definition) is 0. The van der Waals surface area contributed by atoms with Gasteiger partial charge in [0, 0.05) is 98.5 Å². The smallest absolute Gasteiger partial charge is 0.0547 e. The van der Waals surface area contributed by atoms with E-state index < -0.39 is 0 Å². The molecule has 30 aromatic rings. The van der Waals surface area contributed by atoms with E-state index in [1.165, 1.54) is 247 Å². The van der Waals surface area contributed by atoms with Crippen LogP contribution in [-0.4, -0.2) is 27.4 Å². The lowest BCUT2D eigenvalue weighted by molar-refractivity contribution is 1.18. The van der Waals surface area contributed by atoms with E-state index in [9.17, 15) is 0 Å². The van der Waals surface area contributed by atoms with Gasteiger partial charge in [-0.05, 0) is 270 Å². The predicted molar refractivity (Wildman–Crippen MR) is 610 cm³/mol. The molecule has 0 atom stereocenters. The first kappa shape index (κ1) is 83.1. The van der Waals surface area contributed by atoms with Gasteiger partial charge in [0.15, 0.2) is 0 Å². The van der Waals surface area contributed by atoms with Crippen molar-refractivity contribution < 1.29 is 0 Å². The second-order valence-electron chi connectivity index (χ2n) is 37.8. The number of aromatic nitrogens is 6. The molecule has 6 heterocycles. The molecule has 0 aliphatic carbocycles.